The number of carbonyl (C=O) groups excluding carboxylic acids is 1. The van der Waals surface area contributed by atoms with E-state index < -0.39 is 4.92 Å². The molecule has 0 aliphatic carbocycles. The summed E-state index contributed by atoms with van der Waals surface area (Å²) in [7, 11) is 3.97. The number of nitro groups is 1. The molecule has 7 heteroatoms. The number of amides is 1. The first-order chi connectivity index (χ1) is 13.4. The standard InChI is InChI=1S/C21H25N3O4/c1-22(2)18-9-5-16(6-10-18)14-23(15-20-4-3-13-28-20)21(25)17-7-11-19(12-8-17)24(26)27/h5-12,20H,3-4,13-15H2,1-2H3/t20-/m1/s1. The van der Waals surface area contributed by atoms with Crippen LogP contribution in [-0.4, -0.2) is 49.1 Å². The summed E-state index contributed by atoms with van der Waals surface area (Å²) in [4.78, 5) is 27.3. The molecule has 3 rings (SSSR count). The molecular weight excluding hydrogens is 358 g/mol. The van der Waals surface area contributed by atoms with Gasteiger partial charge in [-0.2, -0.15) is 0 Å². The van der Waals surface area contributed by atoms with Crippen LogP contribution in [0.4, 0.5) is 11.4 Å². The van der Waals surface area contributed by atoms with Crippen LogP contribution >= 0.6 is 0 Å². The zero-order valence-corrected chi connectivity index (χ0v) is 16.2. The summed E-state index contributed by atoms with van der Waals surface area (Å²) >= 11 is 0. The summed E-state index contributed by atoms with van der Waals surface area (Å²) in [6, 6.07) is 13.8. The maximum atomic E-state index is 13.1. The summed E-state index contributed by atoms with van der Waals surface area (Å²) < 4.78 is 5.72. The number of anilines is 1. The molecule has 0 aromatic heterocycles. The van der Waals surface area contributed by atoms with Crippen molar-refractivity contribution >= 4 is 17.3 Å². The number of non-ortho nitro benzene ring substituents is 1. The lowest BCUT2D eigenvalue weighted by Gasteiger charge is -2.26. The summed E-state index contributed by atoms with van der Waals surface area (Å²) in [5.41, 5.74) is 2.53. The number of ether oxygens (including phenoxy) is 1. The second-order valence-corrected chi connectivity index (χ2v) is 7.19. The van der Waals surface area contributed by atoms with Crippen molar-refractivity contribution in [2.75, 3.05) is 32.1 Å². The number of nitro benzene ring substituents is 1. The van der Waals surface area contributed by atoms with E-state index >= 15 is 0 Å². The van der Waals surface area contributed by atoms with Crippen molar-refractivity contribution in [3.63, 3.8) is 0 Å². The number of nitrogens with zero attached hydrogens (tertiary/aromatic N) is 3. The van der Waals surface area contributed by atoms with Crippen LogP contribution in [-0.2, 0) is 11.3 Å². The SMILES string of the molecule is CN(C)c1ccc(CN(C[C@H]2CCCO2)C(=O)c2ccc([N+](=O)[O-])cc2)cc1. The van der Waals surface area contributed by atoms with Crippen molar-refractivity contribution in [1.82, 2.24) is 4.90 Å². The molecule has 2 aromatic rings. The Labute approximate surface area is 164 Å². The molecule has 148 valence electrons. The molecule has 0 N–H and O–H groups in total. The molecule has 2 aromatic carbocycles. The van der Waals surface area contributed by atoms with Gasteiger partial charge >= 0.3 is 0 Å². The smallest absolute Gasteiger partial charge is 0.269 e. The largest absolute Gasteiger partial charge is 0.378 e. The first kappa shape index (κ1) is 19.8. The van der Waals surface area contributed by atoms with Crippen LogP contribution in [0.15, 0.2) is 48.5 Å². The predicted octanol–water partition coefficient (Wildman–Crippen LogP) is 3.48. The van der Waals surface area contributed by atoms with Crippen LogP contribution in [0.1, 0.15) is 28.8 Å². The first-order valence-electron chi connectivity index (χ1n) is 9.35. The molecule has 0 unspecified atom stereocenters. The molecule has 0 spiro atoms. The van der Waals surface area contributed by atoms with E-state index in [4.69, 9.17) is 4.74 Å². The normalized spacial score (nSPS) is 16.0. The molecule has 1 amide bonds. The summed E-state index contributed by atoms with van der Waals surface area (Å²) in [5, 5.41) is 10.9. The van der Waals surface area contributed by atoms with Gasteiger partial charge in [-0.1, -0.05) is 12.1 Å². The zero-order valence-electron chi connectivity index (χ0n) is 16.2. The Hall–Kier alpha value is -2.93. The Morgan fingerprint density at radius 3 is 2.36 bits per heavy atom. The second-order valence-electron chi connectivity index (χ2n) is 7.19. The van der Waals surface area contributed by atoms with E-state index in [0.29, 0.717) is 18.7 Å². The molecule has 0 radical (unpaired) electrons. The molecule has 7 nitrogen and oxygen atoms in total. The molecule has 1 saturated heterocycles. The summed E-state index contributed by atoms with van der Waals surface area (Å²) in [5.74, 6) is -0.151. The predicted molar refractivity (Wildman–Crippen MR) is 108 cm³/mol. The van der Waals surface area contributed by atoms with Crippen molar-refractivity contribution in [2.24, 2.45) is 0 Å². The minimum atomic E-state index is -0.468. The van der Waals surface area contributed by atoms with Crippen molar-refractivity contribution in [2.45, 2.75) is 25.5 Å². The molecule has 0 saturated carbocycles. The van der Waals surface area contributed by atoms with Crippen LogP contribution in [0, 0.1) is 10.1 Å². The van der Waals surface area contributed by atoms with Gasteiger partial charge in [0.2, 0.25) is 0 Å². The molecule has 28 heavy (non-hydrogen) atoms. The maximum Gasteiger partial charge on any atom is 0.269 e. The van der Waals surface area contributed by atoms with Crippen LogP contribution < -0.4 is 4.90 Å². The average Bonchev–Trinajstić information content (AvgIpc) is 3.20. The number of hydrogen-bond donors (Lipinski definition) is 0. The highest BCUT2D eigenvalue weighted by molar-refractivity contribution is 5.94. The molecule has 1 aliphatic rings. The van der Waals surface area contributed by atoms with E-state index in [9.17, 15) is 14.9 Å². The highest BCUT2D eigenvalue weighted by Gasteiger charge is 2.24. The lowest BCUT2D eigenvalue weighted by Crippen LogP contribution is -2.37. The third kappa shape index (κ3) is 4.86. The molecule has 1 atom stereocenters. The van der Waals surface area contributed by atoms with Gasteiger partial charge in [-0.15, -0.1) is 0 Å². The Bertz CT molecular complexity index is 813. The van der Waals surface area contributed by atoms with Gasteiger partial charge in [0.15, 0.2) is 0 Å². The number of hydrogen-bond acceptors (Lipinski definition) is 5. The van der Waals surface area contributed by atoms with Gasteiger partial charge in [0, 0.05) is 57.2 Å². The van der Waals surface area contributed by atoms with Crippen molar-refractivity contribution < 1.29 is 14.5 Å². The van der Waals surface area contributed by atoms with Crippen LogP contribution in [0.25, 0.3) is 0 Å². The minimum Gasteiger partial charge on any atom is -0.378 e. The first-order valence-corrected chi connectivity index (χ1v) is 9.35. The summed E-state index contributed by atoms with van der Waals surface area (Å²) in [6.45, 7) is 1.69. The van der Waals surface area contributed by atoms with Crippen LogP contribution in [0.3, 0.4) is 0 Å². The van der Waals surface area contributed by atoms with E-state index in [-0.39, 0.29) is 17.7 Å². The highest BCUT2D eigenvalue weighted by Crippen LogP contribution is 2.20. The zero-order chi connectivity index (χ0) is 20.1. The third-order valence-corrected chi connectivity index (χ3v) is 4.89. The van der Waals surface area contributed by atoms with E-state index in [2.05, 4.69) is 0 Å². The van der Waals surface area contributed by atoms with E-state index in [1.807, 2.05) is 43.3 Å². The molecule has 1 heterocycles. The monoisotopic (exact) mass is 383 g/mol. The van der Waals surface area contributed by atoms with Gasteiger partial charge < -0.3 is 14.5 Å². The third-order valence-electron chi connectivity index (χ3n) is 4.89. The number of rotatable bonds is 7. The van der Waals surface area contributed by atoms with Gasteiger partial charge in [0.05, 0.1) is 11.0 Å². The van der Waals surface area contributed by atoms with E-state index in [1.54, 1.807) is 4.90 Å². The lowest BCUT2D eigenvalue weighted by atomic mass is 10.1. The van der Waals surface area contributed by atoms with Crippen LogP contribution in [0.5, 0.6) is 0 Å². The van der Waals surface area contributed by atoms with Crippen molar-refractivity contribution in [1.29, 1.82) is 0 Å². The fourth-order valence-corrected chi connectivity index (χ4v) is 3.28. The average molecular weight is 383 g/mol. The van der Waals surface area contributed by atoms with E-state index in [1.165, 1.54) is 24.3 Å². The fourth-order valence-electron chi connectivity index (χ4n) is 3.28. The Balaban J connectivity index is 1.78. The number of benzene rings is 2. The highest BCUT2D eigenvalue weighted by atomic mass is 16.6. The van der Waals surface area contributed by atoms with Crippen molar-refractivity contribution in [3.8, 4) is 0 Å². The maximum absolute atomic E-state index is 13.1. The molecule has 0 bridgehead atoms. The topological polar surface area (TPSA) is 75.9 Å². The van der Waals surface area contributed by atoms with Gasteiger partial charge in [-0.3, -0.25) is 14.9 Å². The fraction of sp³-hybridized carbons (Fsp3) is 0.381. The minimum absolute atomic E-state index is 0.0264. The molecule has 1 fully saturated rings. The lowest BCUT2D eigenvalue weighted by molar-refractivity contribution is -0.384. The van der Waals surface area contributed by atoms with Crippen LogP contribution in [0.2, 0.25) is 0 Å². The van der Waals surface area contributed by atoms with Gasteiger partial charge in [0.1, 0.15) is 0 Å². The Morgan fingerprint density at radius 1 is 1.14 bits per heavy atom. The second kappa shape index (κ2) is 8.84. The van der Waals surface area contributed by atoms with Gasteiger partial charge in [0.25, 0.3) is 11.6 Å². The van der Waals surface area contributed by atoms with Gasteiger partial charge in [-0.25, -0.2) is 0 Å². The van der Waals surface area contributed by atoms with E-state index in [0.717, 1.165) is 30.7 Å². The van der Waals surface area contributed by atoms with Crippen molar-refractivity contribution in [3.05, 3.63) is 69.8 Å². The Kier molecular flexibility index (Phi) is 6.26. The summed E-state index contributed by atoms with van der Waals surface area (Å²) in [6.07, 6.45) is 1.97. The Morgan fingerprint density at radius 2 is 1.82 bits per heavy atom. The molecule has 1 aliphatic heterocycles. The quantitative estimate of drug-likeness (QED) is 0.540. The van der Waals surface area contributed by atoms with Gasteiger partial charge in [-0.05, 0) is 42.7 Å². The molecular formula is C21H25N3O4. The number of carbonyl (C=O) groups is 1.